The number of thioether (sulfide) groups is 1. The largest absolute Gasteiger partial charge is 0.464 e. The Kier molecular flexibility index (Phi) is 17.8. The maximum absolute atomic E-state index is 15.5. The van der Waals surface area contributed by atoms with Crippen LogP contribution >= 0.6 is 11.8 Å². The number of hydrogen-bond acceptors (Lipinski definition) is 8. The number of fused-ring (bicyclic) bond motifs is 3. The summed E-state index contributed by atoms with van der Waals surface area (Å²) in [6.45, 7) is 18.8. The third-order valence-electron chi connectivity index (χ3n) is 11.9. The lowest BCUT2D eigenvalue weighted by Crippen LogP contribution is -2.47. The first-order valence-electron chi connectivity index (χ1n) is 23.9. The number of hydrogen-bond donors (Lipinski definition) is 2. The van der Waals surface area contributed by atoms with Crippen molar-refractivity contribution in [3.05, 3.63) is 143 Å². The molecule has 11 nitrogen and oxygen atoms in total. The van der Waals surface area contributed by atoms with E-state index in [-0.39, 0.29) is 55.2 Å². The molecule has 1 heterocycles. The monoisotopic (exact) mass is 994 g/mol. The summed E-state index contributed by atoms with van der Waals surface area (Å²) in [5.74, 6) is -2.26. The standard InChI is InChI=1S/C55H68F2N4O7SSi/c1-54(2,3)50(48-30-38(44-31-39(56)24-25-46(44)57)33-60(48)32-37-18-11-10-12-19-37)61(49(62)36-69-35-47(59-53(65)68-55(4,5)6)51(63)66-28-29-70(7,8)9)27-17-26-58-52(64)67-34-45-42-22-15-13-20-40(42)41-21-14-16-23-43(41)45/h10-16,18-25,30-31,33,45,47,50H,17,26-29,32,34-36H2,1-9H3,(H,58,64)(H,59,65)/t47-,50-/m0/s1. The van der Waals surface area contributed by atoms with Gasteiger partial charge in [0.25, 0.3) is 0 Å². The highest BCUT2D eigenvalue weighted by Crippen LogP contribution is 2.45. The van der Waals surface area contributed by atoms with Gasteiger partial charge in [0.15, 0.2) is 0 Å². The third kappa shape index (κ3) is 14.8. The zero-order valence-electron chi connectivity index (χ0n) is 41.9. The highest BCUT2D eigenvalue weighted by atomic mass is 32.2. The molecule has 0 bridgehead atoms. The van der Waals surface area contributed by atoms with Gasteiger partial charge in [-0.15, -0.1) is 11.8 Å². The van der Waals surface area contributed by atoms with E-state index in [0.717, 1.165) is 46.0 Å². The molecule has 6 rings (SSSR count). The highest BCUT2D eigenvalue weighted by Gasteiger charge is 2.38. The van der Waals surface area contributed by atoms with Crippen LogP contribution in [0.15, 0.2) is 109 Å². The van der Waals surface area contributed by atoms with Crippen LogP contribution < -0.4 is 10.6 Å². The van der Waals surface area contributed by atoms with Crippen molar-refractivity contribution >= 4 is 43.9 Å². The minimum atomic E-state index is -1.55. The first-order valence-corrected chi connectivity index (χ1v) is 28.8. The summed E-state index contributed by atoms with van der Waals surface area (Å²) in [7, 11) is -1.55. The predicted octanol–water partition coefficient (Wildman–Crippen LogP) is 11.8. The molecular formula is C55H68F2N4O7SSi. The van der Waals surface area contributed by atoms with Crippen LogP contribution in [-0.4, -0.2) is 91.1 Å². The number of esters is 1. The fraction of sp³-hybridized carbons (Fsp3) is 0.418. The summed E-state index contributed by atoms with van der Waals surface area (Å²) in [6.07, 6.45) is 0.760. The summed E-state index contributed by atoms with van der Waals surface area (Å²) in [5.41, 5.74) is 5.17. The number of ether oxygens (including phenoxy) is 3. The molecule has 0 unspecified atom stereocenters. The normalized spacial score (nSPS) is 13.4. The Balaban J connectivity index is 1.25. The number of benzene rings is 4. The molecule has 4 aromatic carbocycles. The number of alkyl carbamates (subject to hydrolysis) is 2. The molecule has 0 saturated heterocycles. The van der Waals surface area contributed by atoms with E-state index in [0.29, 0.717) is 24.2 Å². The number of nitrogens with zero attached hydrogens (tertiary/aromatic N) is 2. The van der Waals surface area contributed by atoms with Crippen molar-refractivity contribution < 1.29 is 42.2 Å². The quantitative estimate of drug-likeness (QED) is 0.0341. The number of aromatic nitrogens is 1. The zero-order valence-corrected chi connectivity index (χ0v) is 43.7. The van der Waals surface area contributed by atoms with E-state index in [4.69, 9.17) is 14.2 Å². The molecule has 374 valence electrons. The van der Waals surface area contributed by atoms with Crippen molar-refractivity contribution in [1.29, 1.82) is 0 Å². The molecule has 5 aromatic rings. The lowest BCUT2D eigenvalue weighted by Gasteiger charge is -2.41. The van der Waals surface area contributed by atoms with Crippen LogP contribution in [0.2, 0.25) is 25.7 Å². The molecule has 0 fully saturated rings. The van der Waals surface area contributed by atoms with E-state index in [1.165, 1.54) is 17.8 Å². The summed E-state index contributed by atoms with van der Waals surface area (Å²) < 4.78 is 49.1. The van der Waals surface area contributed by atoms with Crippen molar-refractivity contribution in [3.8, 4) is 22.3 Å². The second-order valence-electron chi connectivity index (χ2n) is 21.0. The number of rotatable bonds is 20. The fourth-order valence-electron chi connectivity index (χ4n) is 8.62. The number of carbonyl (C=O) groups is 4. The molecule has 70 heavy (non-hydrogen) atoms. The van der Waals surface area contributed by atoms with Crippen LogP contribution in [0.25, 0.3) is 22.3 Å². The molecule has 1 aliphatic rings. The van der Waals surface area contributed by atoms with Crippen molar-refractivity contribution in [1.82, 2.24) is 20.1 Å². The van der Waals surface area contributed by atoms with Crippen molar-refractivity contribution in [3.63, 3.8) is 0 Å². The Morgan fingerprint density at radius 2 is 1.44 bits per heavy atom. The van der Waals surface area contributed by atoms with Crippen LogP contribution in [0, 0.1) is 17.0 Å². The Morgan fingerprint density at radius 3 is 2.07 bits per heavy atom. The Bertz CT molecular complexity index is 2560. The van der Waals surface area contributed by atoms with Crippen molar-refractivity contribution in [2.75, 3.05) is 37.8 Å². The molecule has 0 aliphatic heterocycles. The maximum atomic E-state index is 15.5. The summed E-state index contributed by atoms with van der Waals surface area (Å²) in [4.78, 5) is 56.4. The summed E-state index contributed by atoms with van der Waals surface area (Å²) in [5, 5.41) is 5.55. The number of amides is 3. The molecule has 1 aliphatic carbocycles. The van der Waals surface area contributed by atoms with Crippen molar-refractivity contribution in [2.24, 2.45) is 5.41 Å². The van der Waals surface area contributed by atoms with E-state index in [1.807, 2.05) is 86.0 Å². The highest BCUT2D eigenvalue weighted by molar-refractivity contribution is 8.00. The lowest BCUT2D eigenvalue weighted by molar-refractivity contribution is -0.145. The second kappa shape index (κ2) is 23.3. The number of halogens is 2. The Labute approximate surface area is 417 Å². The van der Waals surface area contributed by atoms with Crippen LogP contribution in [-0.2, 0) is 30.3 Å². The van der Waals surface area contributed by atoms with Gasteiger partial charge >= 0.3 is 18.2 Å². The molecule has 2 N–H and O–H groups in total. The maximum Gasteiger partial charge on any atom is 0.408 e. The van der Waals surface area contributed by atoms with Crippen LogP contribution in [0.3, 0.4) is 0 Å². The predicted molar refractivity (Wildman–Crippen MR) is 277 cm³/mol. The first kappa shape index (κ1) is 53.4. The van der Waals surface area contributed by atoms with E-state index in [9.17, 15) is 23.6 Å². The van der Waals surface area contributed by atoms with Crippen LogP contribution in [0.5, 0.6) is 0 Å². The molecule has 1 aromatic heterocycles. The van der Waals surface area contributed by atoms with Crippen molar-refractivity contribution in [2.45, 2.75) is 104 Å². The Morgan fingerprint density at radius 1 is 0.800 bits per heavy atom. The van der Waals surface area contributed by atoms with Gasteiger partial charge in [-0.25, -0.2) is 23.2 Å². The summed E-state index contributed by atoms with van der Waals surface area (Å²) >= 11 is 1.17. The minimum Gasteiger partial charge on any atom is -0.464 e. The van der Waals surface area contributed by atoms with Gasteiger partial charge in [-0.05, 0) is 90.7 Å². The van der Waals surface area contributed by atoms with Gasteiger partial charge in [0.2, 0.25) is 5.91 Å². The van der Waals surface area contributed by atoms with Gasteiger partial charge in [-0.1, -0.05) is 119 Å². The van der Waals surface area contributed by atoms with Crippen LogP contribution in [0.4, 0.5) is 18.4 Å². The number of nitrogens with one attached hydrogen (secondary N) is 2. The van der Waals surface area contributed by atoms with Gasteiger partial charge in [-0.2, -0.15) is 0 Å². The van der Waals surface area contributed by atoms with E-state index in [2.05, 4.69) is 54.5 Å². The second-order valence-corrected chi connectivity index (χ2v) is 27.7. The van der Waals surface area contributed by atoms with Crippen LogP contribution in [0.1, 0.15) is 82.3 Å². The molecule has 3 amide bonds. The zero-order chi connectivity index (χ0) is 50.8. The van der Waals surface area contributed by atoms with Gasteiger partial charge in [0.1, 0.15) is 29.9 Å². The minimum absolute atomic E-state index is 0.0154. The topological polar surface area (TPSA) is 128 Å². The first-order chi connectivity index (χ1) is 33.1. The molecule has 0 spiro atoms. The van der Waals surface area contributed by atoms with E-state index >= 15 is 4.39 Å². The Hall–Kier alpha value is -5.93. The van der Waals surface area contributed by atoms with E-state index in [1.54, 1.807) is 31.9 Å². The molecule has 0 radical (unpaired) electrons. The summed E-state index contributed by atoms with van der Waals surface area (Å²) in [6, 6.07) is 30.1. The van der Waals surface area contributed by atoms with Gasteiger partial charge in [0.05, 0.1) is 18.4 Å². The smallest absolute Gasteiger partial charge is 0.408 e. The van der Waals surface area contributed by atoms with Gasteiger partial charge in [-0.3, -0.25) is 4.79 Å². The van der Waals surface area contributed by atoms with E-state index < -0.39 is 61.0 Å². The molecular weight excluding hydrogens is 927 g/mol. The number of carbonyl (C=O) groups excluding carboxylic acids is 4. The SMILES string of the molecule is CC(C)(C)OC(=O)N[C@@H](CSCC(=O)N(CCCNC(=O)OCC1c2ccccc2-c2ccccc21)[C@@H](c1cc(-c2cc(F)ccc2F)cn1Cc1ccccc1)C(C)(C)C)C(=O)OCC[Si](C)(C)C. The van der Waals surface area contributed by atoms with Gasteiger partial charge < -0.3 is 34.3 Å². The third-order valence-corrected chi connectivity index (χ3v) is 14.6. The molecule has 0 saturated carbocycles. The average Bonchev–Trinajstić information content (AvgIpc) is 3.83. The molecule has 15 heteroatoms. The fourth-order valence-corrected chi connectivity index (χ4v) is 10.3. The lowest BCUT2D eigenvalue weighted by atomic mass is 9.83. The molecule has 2 atom stereocenters. The van der Waals surface area contributed by atoms with Gasteiger partial charge in [0, 0.05) is 62.4 Å². The average molecular weight is 995 g/mol.